The number of guanidine groups is 1. The van der Waals surface area contributed by atoms with Crippen LogP contribution in [0, 0.1) is 11.7 Å². The fraction of sp³-hybridized carbons (Fsp3) is 0.619. The zero-order valence-corrected chi connectivity index (χ0v) is 17.4. The molecule has 2 aliphatic rings. The van der Waals surface area contributed by atoms with E-state index in [9.17, 15) is 9.18 Å². The van der Waals surface area contributed by atoms with E-state index in [1.807, 2.05) is 11.9 Å². The molecule has 2 aliphatic heterocycles. The van der Waals surface area contributed by atoms with Crippen molar-refractivity contribution in [1.82, 2.24) is 15.1 Å². The van der Waals surface area contributed by atoms with Gasteiger partial charge in [-0.2, -0.15) is 0 Å². The van der Waals surface area contributed by atoms with E-state index in [0.29, 0.717) is 32.0 Å². The van der Waals surface area contributed by atoms with Crippen molar-refractivity contribution in [1.29, 1.82) is 0 Å². The molecule has 0 spiro atoms. The van der Waals surface area contributed by atoms with Crippen LogP contribution in [0.2, 0.25) is 0 Å². The van der Waals surface area contributed by atoms with Crippen LogP contribution in [0.5, 0.6) is 0 Å². The molecule has 2 fully saturated rings. The third kappa shape index (κ3) is 6.06. The quantitative estimate of drug-likeness (QED) is 0.573. The minimum Gasteiger partial charge on any atom is -0.381 e. The molecule has 0 bridgehead atoms. The number of benzene rings is 1. The van der Waals surface area contributed by atoms with E-state index >= 15 is 0 Å². The molecule has 2 saturated heterocycles. The van der Waals surface area contributed by atoms with E-state index in [0.717, 1.165) is 50.9 Å². The molecule has 29 heavy (non-hydrogen) atoms. The number of piperazine rings is 1. The van der Waals surface area contributed by atoms with E-state index in [2.05, 4.69) is 20.1 Å². The number of carbonyl (C=O) groups excluding carboxylic acids is 1. The number of rotatable bonds is 6. The molecule has 2 heterocycles. The number of carbonyl (C=O) groups is 1. The Balaban J connectivity index is 1.37. The van der Waals surface area contributed by atoms with Gasteiger partial charge in [-0.15, -0.1) is 0 Å². The molecular formula is C21H32FN5O2. The van der Waals surface area contributed by atoms with Gasteiger partial charge in [0, 0.05) is 78.0 Å². The van der Waals surface area contributed by atoms with Crippen molar-refractivity contribution in [3.05, 3.63) is 30.1 Å². The van der Waals surface area contributed by atoms with Crippen LogP contribution in [0.1, 0.15) is 12.8 Å². The number of hydrogen-bond donors (Lipinski definition) is 1. The van der Waals surface area contributed by atoms with Gasteiger partial charge in [-0.3, -0.25) is 9.79 Å². The van der Waals surface area contributed by atoms with Gasteiger partial charge in [-0.25, -0.2) is 4.39 Å². The summed E-state index contributed by atoms with van der Waals surface area (Å²) < 4.78 is 18.5. The molecule has 8 heteroatoms. The molecule has 3 rings (SSSR count). The average molecular weight is 406 g/mol. The van der Waals surface area contributed by atoms with Crippen LogP contribution >= 0.6 is 0 Å². The molecule has 1 amide bonds. The summed E-state index contributed by atoms with van der Waals surface area (Å²) in [7, 11) is 3.78. The van der Waals surface area contributed by atoms with E-state index in [1.165, 1.54) is 12.1 Å². The first-order chi connectivity index (χ1) is 14.1. The predicted molar refractivity (Wildman–Crippen MR) is 113 cm³/mol. The highest BCUT2D eigenvalue weighted by molar-refractivity contribution is 5.81. The van der Waals surface area contributed by atoms with Crippen molar-refractivity contribution in [3.8, 4) is 0 Å². The summed E-state index contributed by atoms with van der Waals surface area (Å²) in [5.74, 6) is 1.27. The number of amides is 1. The maximum atomic E-state index is 13.1. The number of anilines is 1. The number of halogens is 1. The van der Waals surface area contributed by atoms with E-state index in [1.54, 1.807) is 19.2 Å². The van der Waals surface area contributed by atoms with Gasteiger partial charge in [0.25, 0.3) is 0 Å². The monoisotopic (exact) mass is 405 g/mol. The van der Waals surface area contributed by atoms with Gasteiger partial charge in [0.1, 0.15) is 5.82 Å². The highest BCUT2D eigenvalue weighted by Crippen LogP contribution is 2.17. The third-order valence-corrected chi connectivity index (χ3v) is 5.58. The van der Waals surface area contributed by atoms with Crippen LogP contribution in [0.4, 0.5) is 10.1 Å². The number of nitrogens with one attached hydrogen (secondary N) is 1. The topological polar surface area (TPSA) is 60.4 Å². The minimum absolute atomic E-state index is 0.151. The summed E-state index contributed by atoms with van der Waals surface area (Å²) in [5.41, 5.74) is 1.000. The normalized spacial score (nSPS) is 20.1. The first kappa shape index (κ1) is 21.4. The zero-order chi connectivity index (χ0) is 20.6. The van der Waals surface area contributed by atoms with Crippen molar-refractivity contribution in [3.63, 3.8) is 0 Å². The summed E-state index contributed by atoms with van der Waals surface area (Å²) in [4.78, 5) is 23.1. The SMILES string of the molecule is CN=C(NCCC(=O)N1CCN(c2ccc(F)cc2)CC1)N(C)CC1CCOC1. The Bertz CT molecular complexity index is 683. The number of hydrogen-bond acceptors (Lipinski definition) is 4. The van der Waals surface area contributed by atoms with Crippen molar-refractivity contribution in [2.75, 3.05) is 71.5 Å². The van der Waals surface area contributed by atoms with Crippen molar-refractivity contribution in [2.24, 2.45) is 10.9 Å². The fourth-order valence-electron chi connectivity index (χ4n) is 3.89. The Morgan fingerprint density at radius 2 is 2.00 bits per heavy atom. The highest BCUT2D eigenvalue weighted by Gasteiger charge is 2.22. The predicted octanol–water partition coefficient (Wildman–Crippen LogP) is 1.41. The van der Waals surface area contributed by atoms with Crippen LogP contribution in [0.15, 0.2) is 29.3 Å². The molecule has 0 radical (unpaired) electrons. The van der Waals surface area contributed by atoms with Crippen LogP contribution < -0.4 is 10.2 Å². The molecule has 1 unspecified atom stereocenters. The molecule has 1 aromatic rings. The molecule has 0 aliphatic carbocycles. The first-order valence-corrected chi connectivity index (χ1v) is 10.3. The summed E-state index contributed by atoms with van der Waals surface area (Å²) in [5, 5.41) is 3.29. The summed E-state index contributed by atoms with van der Waals surface area (Å²) >= 11 is 0. The lowest BCUT2D eigenvalue weighted by atomic mass is 10.1. The van der Waals surface area contributed by atoms with Gasteiger partial charge >= 0.3 is 0 Å². The molecule has 160 valence electrons. The summed E-state index contributed by atoms with van der Waals surface area (Å²) in [6.07, 6.45) is 1.53. The van der Waals surface area contributed by atoms with Gasteiger partial charge in [0.05, 0.1) is 6.61 Å². The Kier molecular flexibility index (Phi) is 7.69. The molecular weight excluding hydrogens is 373 g/mol. The smallest absolute Gasteiger partial charge is 0.224 e. The van der Waals surface area contributed by atoms with E-state index in [4.69, 9.17) is 4.74 Å². The second-order valence-corrected chi connectivity index (χ2v) is 7.68. The highest BCUT2D eigenvalue weighted by atomic mass is 19.1. The number of nitrogens with zero attached hydrogens (tertiary/aromatic N) is 4. The molecule has 1 atom stereocenters. The summed E-state index contributed by atoms with van der Waals surface area (Å²) in [6, 6.07) is 6.53. The second-order valence-electron chi connectivity index (χ2n) is 7.68. The molecule has 1 N–H and O–H groups in total. The minimum atomic E-state index is -0.229. The Labute approximate surface area is 172 Å². The van der Waals surface area contributed by atoms with E-state index in [-0.39, 0.29) is 11.7 Å². The summed E-state index contributed by atoms with van der Waals surface area (Å²) in [6.45, 7) is 6.02. The lowest BCUT2D eigenvalue weighted by Crippen LogP contribution is -2.49. The second kappa shape index (κ2) is 10.4. The van der Waals surface area contributed by atoms with Gasteiger partial charge in [0.2, 0.25) is 5.91 Å². The lowest BCUT2D eigenvalue weighted by Gasteiger charge is -2.36. The third-order valence-electron chi connectivity index (χ3n) is 5.58. The van der Waals surface area contributed by atoms with Crippen LogP contribution in [-0.4, -0.2) is 88.2 Å². The van der Waals surface area contributed by atoms with Crippen LogP contribution in [-0.2, 0) is 9.53 Å². The largest absolute Gasteiger partial charge is 0.381 e. The van der Waals surface area contributed by atoms with Gasteiger partial charge in [-0.05, 0) is 30.7 Å². The first-order valence-electron chi connectivity index (χ1n) is 10.3. The maximum Gasteiger partial charge on any atom is 0.224 e. The molecule has 7 nitrogen and oxygen atoms in total. The van der Waals surface area contributed by atoms with Crippen molar-refractivity contribution in [2.45, 2.75) is 12.8 Å². The standard InChI is InChI=1S/C21H32FN5O2/c1-23-21(25(2)15-17-8-14-29-16-17)24-9-7-20(28)27-12-10-26(11-13-27)19-5-3-18(22)4-6-19/h3-6,17H,7-16H2,1-2H3,(H,23,24). The lowest BCUT2D eigenvalue weighted by molar-refractivity contribution is -0.131. The van der Waals surface area contributed by atoms with E-state index < -0.39 is 0 Å². The molecule has 0 saturated carbocycles. The number of ether oxygens (including phenoxy) is 1. The Morgan fingerprint density at radius 1 is 1.28 bits per heavy atom. The molecule has 1 aromatic carbocycles. The van der Waals surface area contributed by atoms with Gasteiger partial charge < -0.3 is 24.8 Å². The fourth-order valence-corrected chi connectivity index (χ4v) is 3.89. The molecule has 0 aromatic heterocycles. The van der Waals surface area contributed by atoms with Gasteiger partial charge in [-0.1, -0.05) is 0 Å². The van der Waals surface area contributed by atoms with Crippen molar-refractivity contribution >= 4 is 17.6 Å². The van der Waals surface area contributed by atoms with Crippen molar-refractivity contribution < 1.29 is 13.9 Å². The maximum absolute atomic E-state index is 13.1. The Morgan fingerprint density at radius 3 is 2.62 bits per heavy atom. The van der Waals surface area contributed by atoms with Crippen LogP contribution in [0.25, 0.3) is 0 Å². The average Bonchev–Trinajstić information content (AvgIpc) is 3.24. The zero-order valence-electron chi connectivity index (χ0n) is 17.4. The number of aliphatic imine (C=N–C) groups is 1. The Hall–Kier alpha value is -2.35. The van der Waals surface area contributed by atoms with Crippen LogP contribution in [0.3, 0.4) is 0 Å². The van der Waals surface area contributed by atoms with Gasteiger partial charge in [0.15, 0.2) is 5.96 Å².